The number of benzene rings is 1. The van der Waals surface area contributed by atoms with Crippen LogP contribution in [-0.2, 0) is 15.3 Å². The lowest BCUT2D eigenvalue weighted by Crippen LogP contribution is -2.06. The monoisotopic (exact) mass is 294 g/mol. The number of hydrogen-bond donors (Lipinski definition) is 1. The third kappa shape index (κ3) is 5.55. The van der Waals surface area contributed by atoms with Crippen molar-refractivity contribution >= 4 is 17.7 Å². The van der Waals surface area contributed by atoms with E-state index in [0.717, 1.165) is 16.9 Å². The summed E-state index contributed by atoms with van der Waals surface area (Å²) in [4.78, 5) is 11.3. The van der Waals surface area contributed by atoms with E-state index in [1.54, 1.807) is 14.0 Å². The lowest BCUT2D eigenvalue weighted by atomic mass is 10.1. The molecule has 1 aromatic rings. The van der Waals surface area contributed by atoms with E-state index in [0.29, 0.717) is 18.1 Å². The maximum absolute atomic E-state index is 11.3. The zero-order chi connectivity index (χ0) is 14.8. The van der Waals surface area contributed by atoms with E-state index in [9.17, 15) is 4.79 Å². The first kappa shape index (κ1) is 16.4. The Labute approximate surface area is 123 Å². The molecule has 0 spiro atoms. The zero-order valence-electron chi connectivity index (χ0n) is 11.6. The molecule has 1 N–H and O–H groups in total. The van der Waals surface area contributed by atoms with Crippen LogP contribution in [0.2, 0.25) is 0 Å². The molecule has 20 heavy (non-hydrogen) atoms. The average Bonchev–Trinajstić information content (AvgIpc) is 2.46. The molecule has 0 aliphatic carbocycles. The van der Waals surface area contributed by atoms with Crippen LogP contribution in [0.1, 0.15) is 18.1 Å². The van der Waals surface area contributed by atoms with Crippen molar-refractivity contribution in [3.63, 3.8) is 0 Å². The Balaban J connectivity index is 2.72. The van der Waals surface area contributed by atoms with Crippen LogP contribution < -0.4 is 4.74 Å². The maximum Gasteiger partial charge on any atom is 0.315 e. The molecule has 0 saturated heterocycles. The molecule has 0 heterocycles. The normalized spacial score (nSPS) is 9.55. The molecule has 0 saturated carbocycles. The second kappa shape index (κ2) is 9.29. The third-order valence-electron chi connectivity index (χ3n) is 2.40. The third-order valence-corrected chi connectivity index (χ3v) is 3.35. The van der Waals surface area contributed by atoms with Gasteiger partial charge in [0.15, 0.2) is 0 Å². The number of thioether (sulfide) groups is 1. The second-order valence-electron chi connectivity index (χ2n) is 3.78. The van der Waals surface area contributed by atoms with Gasteiger partial charge in [-0.25, -0.2) is 0 Å². The Morgan fingerprint density at radius 3 is 2.90 bits per heavy atom. The van der Waals surface area contributed by atoms with Gasteiger partial charge in [0.25, 0.3) is 0 Å². The number of carbonyl (C=O) groups excluding carboxylic acids is 1. The van der Waals surface area contributed by atoms with Crippen LogP contribution in [0.4, 0.5) is 0 Å². The van der Waals surface area contributed by atoms with Crippen LogP contribution in [0.25, 0.3) is 0 Å². The molecular formula is C15H18O4S. The van der Waals surface area contributed by atoms with Gasteiger partial charge in [-0.05, 0) is 30.7 Å². The highest BCUT2D eigenvalue weighted by atomic mass is 32.2. The molecule has 108 valence electrons. The Kier molecular flexibility index (Phi) is 7.63. The molecule has 0 aliphatic rings. The number of carbonyl (C=O) groups is 1. The van der Waals surface area contributed by atoms with Gasteiger partial charge in [-0.3, -0.25) is 4.79 Å². The number of methoxy groups -OCH3 is 1. The van der Waals surface area contributed by atoms with Crippen molar-refractivity contribution in [1.29, 1.82) is 0 Å². The number of aliphatic hydroxyl groups excluding tert-OH is 1. The summed E-state index contributed by atoms with van der Waals surface area (Å²) in [6.45, 7) is 2.00. The predicted molar refractivity (Wildman–Crippen MR) is 79.8 cm³/mol. The van der Waals surface area contributed by atoms with Crippen LogP contribution in [0.3, 0.4) is 0 Å². The summed E-state index contributed by atoms with van der Waals surface area (Å²) in [5.41, 5.74) is 1.80. The van der Waals surface area contributed by atoms with E-state index in [-0.39, 0.29) is 12.6 Å². The number of hydrogen-bond acceptors (Lipinski definition) is 5. The van der Waals surface area contributed by atoms with Crippen molar-refractivity contribution in [1.82, 2.24) is 0 Å². The smallest absolute Gasteiger partial charge is 0.315 e. The Hall–Kier alpha value is -1.64. The first-order valence-electron chi connectivity index (χ1n) is 6.21. The lowest BCUT2D eigenvalue weighted by molar-refractivity contribution is -0.139. The summed E-state index contributed by atoms with van der Waals surface area (Å²) in [6.07, 6.45) is 0. The summed E-state index contributed by atoms with van der Waals surface area (Å²) in [6, 6.07) is 5.56. The van der Waals surface area contributed by atoms with Gasteiger partial charge >= 0.3 is 5.97 Å². The SMILES string of the molecule is CCOC(=O)CSCc1cc(OC)ccc1C#CCO. The average molecular weight is 294 g/mol. The molecule has 5 heteroatoms. The standard InChI is InChI=1S/C15H18O4S/c1-3-19-15(17)11-20-10-13-9-14(18-2)7-6-12(13)5-4-8-16/h6-7,9,16H,3,8,10-11H2,1-2H3. The molecule has 0 aromatic heterocycles. The highest BCUT2D eigenvalue weighted by Gasteiger charge is 2.06. The summed E-state index contributed by atoms with van der Waals surface area (Å²) in [5, 5.41) is 8.76. The van der Waals surface area contributed by atoms with Crippen molar-refractivity contribution in [2.24, 2.45) is 0 Å². The summed E-state index contributed by atoms with van der Waals surface area (Å²) < 4.78 is 10.1. The topological polar surface area (TPSA) is 55.8 Å². The number of rotatable bonds is 6. The number of esters is 1. The van der Waals surface area contributed by atoms with E-state index in [1.807, 2.05) is 18.2 Å². The van der Waals surface area contributed by atoms with Crippen LogP contribution in [0, 0.1) is 11.8 Å². The van der Waals surface area contributed by atoms with Gasteiger partial charge in [0.05, 0.1) is 19.5 Å². The van der Waals surface area contributed by atoms with Crippen molar-refractivity contribution in [3.05, 3.63) is 29.3 Å². The van der Waals surface area contributed by atoms with Crippen LogP contribution in [0.15, 0.2) is 18.2 Å². The van der Waals surface area contributed by atoms with Gasteiger partial charge in [-0.15, -0.1) is 11.8 Å². The highest BCUT2D eigenvalue weighted by Crippen LogP contribution is 2.22. The summed E-state index contributed by atoms with van der Waals surface area (Å²) in [5.74, 6) is 6.97. The highest BCUT2D eigenvalue weighted by molar-refractivity contribution is 7.99. The Morgan fingerprint density at radius 1 is 1.45 bits per heavy atom. The minimum atomic E-state index is -0.219. The van der Waals surface area contributed by atoms with E-state index < -0.39 is 0 Å². The summed E-state index contributed by atoms with van der Waals surface area (Å²) >= 11 is 1.46. The molecule has 0 radical (unpaired) electrons. The van der Waals surface area contributed by atoms with Crippen molar-refractivity contribution in [2.45, 2.75) is 12.7 Å². The number of aliphatic hydroxyl groups is 1. The maximum atomic E-state index is 11.3. The fourth-order valence-electron chi connectivity index (χ4n) is 1.52. The van der Waals surface area contributed by atoms with Gasteiger partial charge in [-0.2, -0.15) is 0 Å². The molecule has 4 nitrogen and oxygen atoms in total. The van der Waals surface area contributed by atoms with Gasteiger partial charge in [0.2, 0.25) is 0 Å². The van der Waals surface area contributed by atoms with Crippen LogP contribution >= 0.6 is 11.8 Å². The minimum absolute atomic E-state index is 0.179. The van der Waals surface area contributed by atoms with Gasteiger partial charge in [0, 0.05) is 11.3 Å². The molecule has 1 aromatic carbocycles. The fraction of sp³-hybridized carbons (Fsp3) is 0.400. The summed E-state index contributed by atoms with van der Waals surface area (Å²) in [7, 11) is 1.60. The molecule has 0 atom stereocenters. The molecule has 0 fully saturated rings. The quantitative estimate of drug-likeness (QED) is 0.641. The molecule has 0 amide bonds. The van der Waals surface area contributed by atoms with Crippen molar-refractivity contribution in [2.75, 3.05) is 26.1 Å². The molecule has 0 aliphatic heterocycles. The zero-order valence-corrected chi connectivity index (χ0v) is 12.5. The van der Waals surface area contributed by atoms with Crippen molar-refractivity contribution < 1.29 is 19.4 Å². The van der Waals surface area contributed by atoms with Crippen LogP contribution in [0.5, 0.6) is 5.75 Å². The fourth-order valence-corrected chi connectivity index (χ4v) is 2.33. The predicted octanol–water partition coefficient (Wildman–Crippen LogP) is 1.84. The van der Waals surface area contributed by atoms with Crippen LogP contribution in [-0.4, -0.2) is 37.2 Å². The first-order chi connectivity index (χ1) is 9.71. The molecule has 1 rings (SSSR count). The van der Waals surface area contributed by atoms with Crippen molar-refractivity contribution in [3.8, 4) is 17.6 Å². The second-order valence-corrected chi connectivity index (χ2v) is 4.77. The van der Waals surface area contributed by atoms with Gasteiger partial charge in [0.1, 0.15) is 12.4 Å². The molecule has 0 bridgehead atoms. The van der Waals surface area contributed by atoms with E-state index in [4.69, 9.17) is 14.6 Å². The molecule has 0 unspecified atom stereocenters. The Bertz CT molecular complexity index is 502. The van der Waals surface area contributed by atoms with E-state index in [1.165, 1.54) is 11.8 Å². The van der Waals surface area contributed by atoms with E-state index in [2.05, 4.69) is 11.8 Å². The minimum Gasteiger partial charge on any atom is -0.497 e. The number of ether oxygens (including phenoxy) is 2. The van der Waals surface area contributed by atoms with Gasteiger partial charge < -0.3 is 14.6 Å². The largest absolute Gasteiger partial charge is 0.497 e. The van der Waals surface area contributed by atoms with E-state index >= 15 is 0 Å². The lowest BCUT2D eigenvalue weighted by Gasteiger charge is -2.07. The molecular weight excluding hydrogens is 276 g/mol. The Morgan fingerprint density at radius 2 is 2.25 bits per heavy atom. The van der Waals surface area contributed by atoms with Gasteiger partial charge in [-0.1, -0.05) is 11.8 Å². The first-order valence-corrected chi connectivity index (χ1v) is 7.36.